The Morgan fingerprint density at radius 1 is 1.36 bits per heavy atom. The Hall–Kier alpha value is 0.530. The summed E-state index contributed by atoms with van der Waals surface area (Å²) in [5, 5.41) is -0.467. The molecule has 0 aliphatic rings. The molecule has 0 bridgehead atoms. The summed E-state index contributed by atoms with van der Waals surface area (Å²) in [6.45, 7) is 0. The van der Waals surface area contributed by atoms with Gasteiger partial charge in [-0.05, 0) is 23.7 Å². The molecule has 54 valence electrons. The summed E-state index contributed by atoms with van der Waals surface area (Å²) < 4.78 is 0. The second-order valence-corrected chi connectivity index (χ2v) is 2.62. The van der Waals surface area contributed by atoms with E-state index < -0.39 is 5.24 Å². The topological polar surface area (TPSA) is 17.1 Å². The zero-order chi connectivity index (χ0) is 7.56. The van der Waals surface area contributed by atoms with Crippen LogP contribution < -0.4 is 0 Å². The molecular formula is C7H6ClNaOS. The summed E-state index contributed by atoms with van der Waals surface area (Å²) in [7, 11) is 0. The monoisotopic (exact) mass is 196 g/mol. The average molecular weight is 197 g/mol. The molecule has 0 spiro atoms. The first-order chi connectivity index (χ1) is 4.72. The van der Waals surface area contributed by atoms with Crippen molar-refractivity contribution >= 4 is 59.0 Å². The maximum atomic E-state index is 10.6. The van der Waals surface area contributed by atoms with Crippen molar-refractivity contribution in [3.63, 3.8) is 0 Å². The van der Waals surface area contributed by atoms with Crippen molar-refractivity contribution in [3.8, 4) is 0 Å². The van der Waals surface area contributed by atoms with E-state index in [9.17, 15) is 4.79 Å². The van der Waals surface area contributed by atoms with E-state index in [-0.39, 0.29) is 29.6 Å². The Kier molecular flexibility index (Phi) is 5.48. The molecule has 1 nitrogen and oxygen atoms in total. The molecule has 0 N–H and O–H groups in total. The number of hydrogen-bond acceptors (Lipinski definition) is 2. The van der Waals surface area contributed by atoms with Crippen LogP contribution in [0.4, 0.5) is 0 Å². The zero-order valence-electron chi connectivity index (χ0n) is 5.04. The predicted molar refractivity (Wildman–Crippen MR) is 51.0 cm³/mol. The zero-order valence-corrected chi connectivity index (χ0v) is 6.69. The summed E-state index contributed by atoms with van der Waals surface area (Å²) in [5.74, 6) is 0. The quantitative estimate of drug-likeness (QED) is 0.411. The van der Waals surface area contributed by atoms with Crippen molar-refractivity contribution in [1.82, 2.24) is 0 Å². The summed E-state index contributed by atoms with van der Waals surface area (Å²) in [4.78, 5) is 11.2. The summed E-state index contributed by atoms with van der Waals surface area (Å²) in [6.07, 6.45) is 0. The summed E-state index contributed by atoms with van der Waals surface area (Å²) in [5.41, 5.74) is 0.451. The third-order valence-electron chi connectivity index (χ3n) is 1.12. The molecule has 0 fully saturated rings. The molecule has 0 amide bonds. The van der Waals surface area contributed by atoms with Crippen LogP contribution in [0.2, 0.25) is 0 Å². The molecular weight excluding hydrogens is 191 g/mol. The fourth-order valence-corrected chi connectivity index (χ4v) is 1.13. The number of benzene rings is 1. The molecule has 0 saturated carbocycles. The van der Waals surface area contributed by atoms with Crippen LogP contribution >= 0.6 is 24.2 Å². The van der Waals surface area contributed by atoms with Gasteiger partial charge in [0.2, 0.25) is 0 Å². The van der Waals surface area contributed by atoms with Crippen LogP contribution in [0.15, 0.2) is 29.2 Å². The number of rotatable bonds is 1. The van der Waals surface area contributed by atoms with E-state index >= 15 is 0 Å². The molecule has 0 unspecified atom stereocenters. The van der Waals surface area contributed by atoms with Crippen LogP contribution in [0, 0.1) is 0 Å². The Balaban J connectivity index is 0.000001000. The number of halogens is 1. The molecule has 4 heteroatoms. The first kappa shape index (κ1) is 11.5. The van der Waals surface area contributed by atoms with E-state index in [0.717, 1.165) is 0 Å². The van der Waals surface area contributed by atoms with Crippen molar-refractivity contribution < 1.29 is 4.79 Å². The van der Waals surface area contributed by atoms with Crippen LogP contribution in [0.5, 0.6) is 0 Å². The third-order valence-corrected chi connectivity index (χ3v) is 1.71. The predicted octanol–water partition coefficient (Wildman–Crippen LogP) is 1.71. The molecule has 0 aromatic heterocycles. The molecule has 0 aliphatic heterocycles. The first-order valence-electron chi connectivity index (χ1n) is 2.69. The molecule has 0 aliphatic carbocycles. The summed E-state index contributed by atoms with van der Waals surface area (Å²) in [6, 6.07) is 6.90. The fraction of sp³-hybridized carbons (Fsp3) is 0. The van der Waals surface area contributed by atoms with Crippen LogP contribution in [0.1, 0.15) is 10.4 Å². The van der Waals surface area contributed by atoms with Crippen LogP contribution in [0.25, 0.3) is 0 Å². The summed E-state index contributed by atoms with van der Waals surface area (Å²) >= 11 is 9.25. The van der Waals surface area contributed by atoms with E-state index in [1.165, 1.54) is 0 Å². The van der Waals surface area contributed by atoms with Gasteiger partial charge >= 0.3 is 29.6 Å². The number of carbonyl (C=O) groups excluding carboxylic acids is 1. The van der Waals surface area contributed by atoms with Gasteiger partial charge in [-0.15, -0.1) is 12.6 Å². The van der Waals surface area contributed by atoms with Crippen LogP contribution in [-0.4, -0.2) is 34.8 Å². The van der Waals surface area contributed by atoms with Gasteiger partial charge in [-0.25, -0.2) is 0 Å². The molecule has 0 atom stereocenters. The van der Waals surface area contributed by atoms with Crippen molar-refractivity contribution in [2.45, 2.75) is 4.90 Å². The van der Waals surface area contributed by atoms with Crippen molar-refractivity contribution in [1.29, 1.82) is 0 Å². The average Bonchev–Trinajstić information content (AvgIpc) is 1.88. The van der Waals surface area contributed by atoms with E-state index in [2.05, 4.69) is 12.6 Å². The number of thiol groups is 1. The van der Waals surface area contributed by atoms with Crippen LogP contribution in [0.3, 0.4) is 0 Å². The second kappa shape index (κ2) is 5.22. The maximum absolute atomic E-state index is 10.6. The molecule has 1 aromatic carbocycles. The fourth-order valence-electron chi connectivity index (χ4n) is 0.640. The normalized spacial score (nSPS) is 8.55. The van der Waals surface area contributed by atoms with Gasteiger partial charge < -0.3 is 0 Å². The first-order valence-corrected chi connectivity index (χ1v) is 3.52. The van der Waals surface area contributed by atoms with Gasteiger partial charge in [0, 0.05) is 10.5 Å². The molecule has 11 heavy (non-hydrogen) atoms. The molecule has 0 saturated heterocycles. The van der Waals surface area contributed by atoms with E-state index in [0.29, 0.717) is 10.5 Å². The SMILES string of the molecule is O=C(Cl)c1ccccc1S.[NaH]. The Labute approximate surface area is 97.8 Å². The van der Waals surface area contributed by atoms with Crippen molar-refractivity contribution in [3.05, 3.63) is 29.8 Å². The second-order valence-electron chi connectivity index (χ2n) is 1.79. The van der Waals surface area contributed by atoms with Crippen LogP contribution in [-0.2, 0) is 0 Å². The number of hydrogen-bond donors (Lipinski definition) is 1. The third kappa shape index (κ3) is 3.18. The molecule has 0 heterocycles. The van der Waals surface area contributed by atoms with Gasteiger partial charge in [-0.1, -0.05) is 12.1 Å². The van der Waals surface area contributed by atoms with Gasteiger partial charge in [0.1, 0.15) is 0 Å². The van der Waals surface area contributed by atoms with Gasteiger partial charge in [0.25, 0.3) is 5.24 Å². The van der Waals surface area contributed by atoms with Crippen molar-refractivity contribution in [2.75, 3.05) is 0 Å². The molecule has 0 radical (unpaired) electrons. The van der Waals surface area contributed by atoms with Gasteiger partial charge in [0.15, 0.2) is 0 Å². The van der Waals surface area contributed by atoms with E-state index in [4.69, 9.17) is 11.6 Å². The molecule has 1 aromatic rings. The Morgan fingerprint density at radius 3 is 2.27 bits per heavy atom. The van der Waals surface area contributed by atoms with E-state index in [1.54, 1.807) is 24.3 Å². The van der Waals surface area contributed by atoms with Gasteiger partial charge in [-0.3, -0.25) is 4.79 Å². The number of carbonyl (C=O) groups is 1. The molecule has 1 rings (SSSR count). The minimum atomic E-state index is -0.467. The Bertz CT molecular complexity index is 264. The van der Waals surface area contributed by atoms with E-state index in [1.807, 2.05) is 0 Å². The standard InChI is InChI=1S/C7H5ClOS.Na.H/c8-7(9)5-3-1-2-4-6(5)10;;/h1-4,10H;;. The Morgan fingerprint density at radius 2 is 1.91 bits per heavy atom. The van der Waals surface area contributed by atoms with Gasteiger partial charge in [-0.2, -0.15) is 0 Å². The van der Waals surface area contributed by atoms with Gasteiger partial charge in [0.05, 0.1) is 0 Å². The van der Waals surface area contributed by atoms with Crippen molar-refractivity contribution in [2.24, 2.45) is 0 Å². The minimum absolute atomic E-state index is 0.